The number of nitrogens with one attached hydrogen (secondary N) is 1. The first-order valence-electron chi connectivity index (χ1n) is 8.18. The molecule has 0 spiro atoms. The molecule has 0 saturated carbocycles. The van der Waals surface area contributed by atoms with Gasteiger partial charge in [0, 0.05) is 13.1 Å². The first-order valence-corrected chi connectivity index (χ1v) is 8.18. The van der Waals surface area contributed by atoms with Gasteiger partial charge in [0.1, 0.15) is 0 Å². The van der Waals surface area contributed by atoms with Crippen LogP contribution in [0.3, 0.4) is 0 Å². The zero-order chi connectivity index (χ0) is 15.8. The van der Waals surface area contributed by atoms with E-state index in [0.29, 0.717) is 17.4 Å². The first kappa shape index (κ1) is 14.4. The van der Waals surface area contributed by atoms with Crippen molar-refractivity contribution in [3.63, 3.8) is 0 Å². The van der Waals surface area contributed by atoms with Crippen molar-refractivity contribution in [1.82, 2.24) is 25.2 Å². The van der Waals surface area contributed by atoms with Gasteiger partial charge in [0.15, 0.2) is 0 Å². The number of amides is 1. The zero-order valence-electron chi connectivity index (χ0n) is 13.3. The Kier molecular flexibility index (Phi) is 3.61. The van der Waals surface area contributed by atoms with Crippen molar-refractivity contribution in [2.24, 2.45) is 11.8 Å². The fraction of sp³-hybridized carbons (Fsp3) is 0.471. The number of hydrogen-bond donors (Lipinski definition) is 1. The van der Waals surface area contributed by atoms with Crippen molar-refractivity contribution in [2.75, 3.05) is 26.2 Å². The van der Waals surface area contributed by atoms with E-state index in [2.05, 4.69) is 15.5 Å². The Morgan fingerprint density at radius 1 is 1.17 bits per heavy atom. The Balaban J connectivity index is 1.67. The van der Waals surface area contributed by atoms with Crippen LogP contribution in [-0.4, -0.2) is 52.0 Å². The number of piperidine rings is 2. The van der Waals surface area contributed by atoms with Crippen molar-refractivity contribution >= 4 is 5.91 Å². The van der Waals surface area contributed by atoms with Crippen LogP contribution in [0.2, 0.25) is 0 Å². The van der Waals surface area contributed by atoms with Crippen LogP contribution in [0.5, 0.6) is 0 Å². The second-order valence-electron chi connectivity index (χ2n) is 6.68. The standard InChI is InChI=1S/C17H21N5O/c1-12-2-3-16(22-19-4-5-20-22)15(6-12)17(23)21-10-13-7-14(11-21)9-18-8-13/h2-6,13-14,18H,7-11H2,1H3. The van der Waals surface area contributed by atoms with Crippen molar-refractivity contribution < 1.29 is 4.79 Å². The molecule has 3 heterocycles. The predicted octanol–water partition coefficient (Wildman–Crippen LogP) is 1.26. The monoisotopic (exact) mass is 311 g/mol. The molecular formula is C17H21N5O. The summed E-state index contributed by atoms with van der Waals surface area (Å²) >= 11 is 0. The van der Waals surface area contributed by atoms with Crippen molar-refractivity contribution in [3.8, 4) is 5.69 Å². The highest BCUT2D eigenvalue weighted by molar-refractivity contribution is 5.98. The number of carbonyl (C=O) groups is 1. The number of rotatable bonds is 2. The van der Waals surface area contributed by atoms with E-state index in [9.17, 15) is 4.79 Å². The van der Waals surface area contributed by atoms with Crippen LogP contribution in [0.1, 0.15) is 22.3 Å². The third-order valence-electron chi connectivity index (χ3n) is 4.79. The van der Waals surface area contributed by atoms with Crippen molar-refractivity contribution in [2.45, 2.75) is 13.3 Å². The summed E-state index contributed by atoms with van der Waals surface area (Å²) in [6.07, 6.45) is 4.49. The number of likely N-dealkylation sites (tertiary alicyclic amines) is 1. The molecule has 6 nitrogen and oxygen atoms in total. The van der Waals surface area contributed by atoms with Gasteiger partial charge in [-0.2, -0.15) is 15.0 Å². The van der Waals surface area contributed by atoms with Crippen LogP contribution < -0.4 is 5.32 Å². The topological polar surface area (TPSA) is 63.1 Å². The van der Waals surface area contributed by atoms with E-state index in [0.717, 1.165) is 37.4 Å². The number of fused-ring (bicyclic) bond motifs is 2. The van der Waals surface area contributed by atoms with E-state index >= 15 is 0 Å². The molecule has 1 amide bonds. The van der Waals surface area contributed by atoms with Gasteiger partial charge in [-0.15, -0.1) is 0 Å². The van der Waals surface area contributed by atoms with Crippen LogP contribution in [0.4, 0.5) is 0 Å². The molecule has 2 saturated heterocycles. The van der Waals surface area contributed by atoms with Crippen LogP contribution in [0, 0.1) is 18.8 Å². The van der Waals surface area contributed by atoms with Gasteiger partial charge in [0.2, 0.25) is 0 Å². The van der Waals surface area contributed by atoms with Gasteiger partial charge < -0.3 is 10.2 Å². The molecule has 2 bridgehead atoms. The molecule has 2 aliphatic rings. The highest BCUT2D eigenvalue weighted by Gasteiger charge is 2.33. The minimum Gasteiger partial charge on any atom is -0.338 e. The molecule has 2 aromatic rings. The largest absolute Gasteiger partial charge is 0.338 e. The SMILES string of the molecule is Cc1ccc(-n2nccn2)c(C(=O)N2CC3CNCC(C3)C2)c1. The average molecular weight is 311 g/mol. The fourth-order valence-corrected chi connectivity index (χ4v) is 3.78. The van der Waals surface area contributed by atoms with Crippen molar-refractivity contribution in [1.29, 1.82) is 0 Å². The quantitative estimate of drug-likeness (QED) is 0.907. The lowest BCUT2D eigenvalue weighted by Crippen LogP contribution is -2.52. The van der Waals surface area contributed by atoms with E-state index in [1.165, 1.54) is 11.2 Å². The van der Waals surface area contributed by atoms with Gasteiger partial charge in [0.25, 0.3) is 5.91 Å². The Labute approximate surface area is 135 Å². The van der Waals surface area contributed by atoms with Gasteiger partial charge in [-0.05, 0) is 50.4 Å². The summed E-state index contributed by atoms with van der Waals surface area (Å²) < 4.78 is 0. The first-order chi connectivity index (χ1) is 11.2. The van der Waals surface area contributed by atoms with E-state index in [1.54, 1.807) is 12.4 Å². The maximum Gasteiger partial charge on any atom is 0.256 e. The third kappa shape index (κ3) is 2.74. The molecule has 1 aromatic heterocycles. The molecule has 4 rings (SSSR count). The minimum atomic E-state index is 0.0950. The number of aryl methyl sites for hydroxylation is 1. The van der Waals surface area contributed by atoms with E-state index < -0.39 is 0 Å². The molecule has 2 aliphatic heterocycles. The van der Waals surface area contributed by atoms with Crippen molar-refractivity contribution in [3.05, 3.63) is 41.7 Å². The van der Waals surface area contributed by atoms with Crippen LogP contribution in [0.25, 0.3) is 5.69 Å². The Morgan fingerprint density at radius 3 is 2.57 bits per heavy atom. The third-order valence-corrected chi connectivity index (χ3v) is 4.79. The maximum absolute atomic E-state index is 13.1. The van der Waals surface area contributed by atoms with Gasteiger partial charge >= 0.3 is 0 Å². The molecule has 120 valence electrons. The Bertz CT molecular complexity index is 700. The summed E-state index contributed by atoms with van der Waals surface area (Å²) in [7, 11) is 0. The van der Waals surface area contributed by atoms with E-state index in [4.69, 9.17) is 0 Å². The van der Waals surface area contributed by atoms with E-state index in [1.807, 2.05) is 30.0 Å². The molecule has 2 atom stereocenters. The highest BCUT2D eigenvalue weighted by Crippen LogP contribution is 2.27. The second kappa shape index (κ2) is 5.77. The average Bonchev–Trinajstić information content (AvgIpc) is 3.08. The second-order valence-corrected chi connectivity index (χ2v) is 6.68. The molecule has 6 heteroatoms. The summed E-state index contributed by atoms with van der Waals surface area (Å²) in [5.74, 6) is 1.24. The molecule has 2 fully saturated rings. The summed E-state index contributed by atoms with van der Waals surface area (Å²) in [6.45, 7) is 5.71. The molecule has 23 heavy (non-hydrogen) atoms. The normalized spacial score (nSPS) is 23.8. The fourth-order valence-electron chi connectivity index (χ4n) is 3.78. The number of nitrogens with zero attached hydrogens (tertiary/aromatic N) is 4. The number of hydrogen-bond acceptors (Lipinski definition) is 4. The summed E-state index contributed by atoms with van der Waals surface area (Å²) in [5, 5.41) is 11.8. The lowest BCUT2D eigenvalue weighted by atomic mass is 9.85. The Morgan fingerprint density at radius 2 is 1.87 bits per heavy atom. The molecule has 2 unspecified atom stereocenters. The summed E-state index contributed by atoms with van der Waals surface area (Å²) in [5.41, 5.74) is 2.51. The molecule has 1 N–H and O–H groups in total. The summed E-state index contributed by atoms with van der Waals surface area (Å²) in [4.78, 5) is 16.7. The van der Waals surface area contributed by atoms with Gasteiger partial charge in [-0.25, -0.2) is 0 Å². The van der Waals surface area contributed by atoms with Gasteiger partial charge in [-0.3, -0.25) is 4.79 Å². The van der Waals surface area contributed by atoms with Crippen LogP contribution in [-0.2, 0) is 0 Å². The lowest BCUT2D eigenvalue weighted by Gasteiger charge is -2.41. The Hall–Kier alpha value is -2.21. The van der Waals surface area contributed by atoms with Gasteiger partial charge in [0.05, 0.1) is 23.6 Å². The number of benzene rings is 1. The highest BCUT2D eigenvalue weighted by atomic mass is 16.2. The summed E-state index contributed by atoms with van der Waals surface area (Å²) in [6, 6.07) is 5.86. The molecule has 0 radical (unpaired) electrons. The maximum atomic E-state index is 13.1. The lowest BCUT2D eigenvalue weighted by molar-refractivity contribution is 0.0537. The number of aromatic nitrogens is 3. The molecular weight excluding hydrogens is 290 g/mol. The van der Waals surface area contributed by atoms with Crippen LogP contribution >= 0.6 is 0 Å². The minimum absolute atomic E-state index is 0.0950. The van der Waals surface area contributed by atoms with Crippen LogP contribution in [0.15, 0.2) is 30.6 Å². The molecule has 1 aromatic carbocycles. The molecule has 0 aliphatic carbocycles. The number of carbonyl (C=O) groups excluding carboxylic acids is 1. The predicted molar refractivity (Wildman–Crippen MR) is 86.5 cm³/mol. The van der Waals surface area contributed by atoms with Gasteiger partial charge in [-0.1, -0.05) is 11.6 Å². The zero-order valence-corrected chi connectivity index (χ0v) is 13.3. The smallest absolute Gasteiger partial charge is 0.256 e. The van der Waals surface area contributed by atoms with E-state index in [-0.39, 0.29) is 5.91 Å².